The summed E-state index contributed by atoms with van der Waals surface area (Å²) >= 11 is 0. The maximum absolute atomic E-state index is 11.1. The van der Waals surface area contributed by atoms with Crippen LogP contribution >= 0.6 is 0 Å². The number of fused-ring (bicyclic) bond motifs is 2. The van der Waals surface area contributed by atoms with Crippen LogP contribution in [-0.2, 0) is 14.3 Å². The van der Waals surface area contributed by atoms with Gasteiger partial charge in [-0.2, -0.15) is 0 Å². The zero-order valence-electron chi connectivity index (χ0n) is 12.5. The lowest BCUT2D eigenvalue weighted by Crippen LogP contribution is -2.44. The molecule has 1 aromatic heterocycles. The molecule has 0 unspecified atom stereocenters. The quantitative estimate of drug-likeness (QED) is 0.633. The highest BCUT2D eigenvalue weighted by Gasteiger charge is 2.45. The highest BCUT2D eigenvalue weighted by atomic mass is 16.5. The Hall–Kier alpha value is -1.68. The Morgan fingerprint density at radius 2 is 2.43 bits per heavy atom. The second-order valence-corrected chi connectivity index (χ2v) is 6.26. The number of pyridine rings is 1. The number of ether oxygens (including phenoxy) is 2. The molecule has 1 fully saturated rings. The molecule has 3 rings (SSSR count). The van der Waals surface area contributed by atoms with E-state index in [1.54, 1.807) is 6.20 Å². The number of hydrogen-bond donors (Lipinski definition) is 0. The molecule has 1 aromatic rings. The minimum Gasteiger partial charge on any atom is -0.465 e. The Morgan fingerprint density at radius 1 is 1.57 bits per heavy atom. The van der Waals surface area contributed by atoms with E-state index < -0.39 is 0 Å². The Labute approximate surface area is 125 Å². The van der Waals surface area contributed by atoms with Crippen LogP contribution in [0, 0.1) is 11.3 Å². The molecule has 0 aromatic carbocycles. The summed E-state index contributed by atoms with van der Waals surface area (Å²) in [5.74, 6) is 0.119. The van der Waals surface area contributed by atoms with Gasteiger partial charge in [-0.25, -0.2) is 0 Å². The number of nitrogens with zero attached hydrogens (tertiary/aromatic N) is 1. The molecule has 4 nitrogen and oxygen atoms in total. The second-order valence-electron chi connectivity index (χ2n) is 6.26. The van der Waals surface area contributed by atoms with Gasteiger partial charge in [0, 0.05) is 30.7 Å². The van der Waals surface area contributed by atoms with Crippen LogP contribution in [0.5, 0.6) is 0 Å². The Bertz CT molecular complexity index is 554. The van der Waals surface area contributed by atoms with Crippen molar-refractivity contribution < 1.29 is 14.3 Å². The molecule has 3 atom stereocenters. The van der Waals surface area contributed by atoms with Crippen molar-refractivity contribution >= 4 is 5.97 Å². The summed E-state index contributed by atoms with van der Waals surface area (Å²) in [5.41, 5.74) is 2.43. The van der Waals surface area contributed by atoms with Crippen LogP contribution in [0.15, 0.2) is 36.2 Å². The van der Waals surface area contributed by atoms with E-state index in [1.165, 1.54) is 12.5 Å². The van der Waals surface area contributed by atoms with E-state index in [-0.39, 0.29) is 17.5 Å². The standard InChI is InChI=1S/C17H21NO3/c1-12-5-6-17(10-20-13(2)19)8-15(12)16(21-11-17)14-4-3-7-18-9-14/h3-5,7,9,15-16H,6,8,10-11H2,1-2H3/t15-,16-,17-/m1/s1. The minimum absolute atomic E-state index is 0.0562. The van der Waals surface area contributed by atoms with Crippen LogP contribution in [0.25, 0.3) is 0 Å². The third kappa shape index (κ3) is 2.86. The number of esters is 1. The molecular formula is C17H21NO3. The third-order valence-corrected chi connectivity index (χ3v) is 4.62. The first kappa shape index (κ1) is 14.3. The smallest absolute Gasteiger partial charge is 0.302 e. The third-order valence-electron chi connectivity index (χ3n) is 4.62. The van der Waals surface area contributed by atoms with Crippen molar-refractivity contribution in [2.24, 2.45) is 11.3 Å². The molecule has 0 spiro atoms. The van der Waals surface area contributed by atoms with Gasteiger partial charge in [-0.1, -0.05) is 17.7 Å². The second kappa shape index (κ2) is 5.60. The van der Waals surface area contributed by atoms with Crippen molar-refractivity contribution in [1.29, 1.82) is 0 Å². The minimum atomic E-state index is -0.221. The normalized spacial score (nSPS) is 31.4. The predicted molar refractivity (Wildman–Crippen MR) is 78.5 cm³/mol. The zero-order chi connectivity index (χ0) is 14.9. The lowest BCUT2D eigenvalue weighted by molar-refractivity contribution is -0.156. The first-order valence-electron chi connectivity index (χ1n) is 7.41. The number of hydrogen-bond acceptors (Lipinski definition) is 4. The molecule has 21 heavy (non-hydrogen) atoms. The van der Waals surface area contributed by atoms with E-state index in [0.29, 0.717) is 19.1 Å². The first-order valence-corrected chi connectivity index (χ1v) is 7.41. The fourth-order valence-corrected chi connectivity index (χ4v) is 3.37. The summed E-state index contributed by atoms with van der Waals surface area (Å²) in [6.45, 7) is 4.70. The van der Waals surface area contributed by atoms with Gasteiger partial charge in [-0.3, -0.25) is 9.78 Å². The maximum atomic E-state index is 11.1. The molecule has 0 N–H and O–H groups in total. The number of allylic oxidation sites excluding steroid dienone is 1. The summed E-state index contributed by atoms with van der Waals surface area (Å²) in [7, 11) is 0. The van der Waals surface area contributed by atoms with Gasteiger partial charge in [0.05, 0.1) is 19.3 Å². The van der Waals surface area contributed by atoms with Crippen LogP contribution in [0.2, 0.25) is 0 Å². The van der Waals surface area contributed by atoms with Gasteiger partial charge >= 0.3 is 5.97 Å². The van der Waals surface area contributed by atoms with E-state index >= 15 is 0 Å². The summed E-state index contributed by atoms with van der Waals surface area (Å²) < 4.78 is 11.4. The van der Waals surface area contributed by atoms with Crippen LogP contribution in [-0.4, -0.2) is 24.2 Å². The monoisotopic (exact) mass is 287 g/mol. The van der Waals surface area contributed by atoms with E-state index in [0.717, 1.165) is 18.4 Å². The number of rotatable bonds is 3. The molecule has 2 heterocycles. The molecule has 1 aliphatic heterocycles. The van der Waals surface area contributed by atoms with Gasteiger partial charge in [0.25, 0.3) is 0 Å². The molecule has 2 aliphatic rings. The van der Waals surface area contributed by atoms with Crippen molar-refractivity contribution in [3.8, 4) is 0 Å². The van der Waals surface area contributed by atoms with E-state index in [4.69, 9.17) is 9.47 Å². The van der Waals surface area contributed by atoms with Gasteiger partial charge in [0.2, 0.25) is 0 Å². The van der Waals surface area contributed by atoms with Crippen molar-refractivity contribution in [1.82, 2.24) is 4.98 Å². The van der Waals surface area contributed by atoms with Crippen molar-refractivity contribution in [3.05, 3.63) is 41.7 Å². The highest BCUT2D eigenvalue weighted by Crippen LogP contribution is 2.50. The molecule has 0 amide bonds. The number of aromatic nitrogens is 1. The molecule has 0 saturated carbocycles. The Morgan fingerprint density at radius 3 is 3.14 bits per heavy atom. The van der Waals surface area contributed by atoms with Crippen molar-refractivity contribution in [3.63, 3.8) is 0 Å². The zero-order valence-corrected chi connectivity index (χ0v) is 12.5. The largest absolute Gasteiger partial charge is 0.465 e. The van der Waals surface area contributed by atoms with Gasteiger partial charge in [-0.05, 0) is 31.4 Å². The molecule has 1 aliphatic carbocycles. The lowest BCUT2D eigenvalue weighted by atomic mass is 9.67. The number of carbonyl (C=O) groups is 1. The fourth-order valence-electron chi connectivity index (χ4n) is 3.37. The van der Waals surface area contributed by atoms with Crippen LogP contribution < -0.4 is 0 Å². The topological polar surface area (TPSA) is 48.4 Å². The van der Waals surface area contributed by atoms with Gasteiger partial charge in [-0.15, -0.1) is 0 Å². The van der Waals surface area contributed by atoms with E-state index in [1.807, 2.05) is 12.3 Å². The molecule has 1 saturated heterocycles. The average molecular weight is 287 g/mol. The van der Waals surface area contributed by atoms with E-state index in [2.05, 4.69) is 24.1 Å². The molecular weight excluding hydrogens is 266 g/mol. The summed E-state index contributed by atoms with van der Waals surface area (Å²) in [6, 6.07) is 4.01. The van der Waals surface area contributed by atoms with Crippen LogP contribution in [0.3, 0.4) is 0 Å². The summed E-state index contributed by atoms with van der Waals surface area (Å²) in [6.07, 6.45) is 7.92. The number of carbonyl (C=O) groups excluding carboxylic acids is 1. The van der Waals surface area contributed by atoms with Gasteiger partial charge in [0.1, 0.15) is 0 Å². The maximum Gasteiger partial charge on any atom is 0.302 e. The first-order chi connectivity index (χ1) is 10.1. The predicted octanol–water partition coefficient (Wildman–Crippen LogP) is 3.06. The molecule has 4 heteroatoms. The van der Waals surface area contributed by atoms with Crippen LogP contribution in [0.1, 0.15) is 38.4 Å². The van der Waals surface area contributed by atoms with Gasteiger partial charge in [0.15, 0.2) is 0 Å². The van der Waals surface area contributed by atoms with E-state index in [9.17, 15) is 4.79 Å². The molecule has 0 radical (unpaired) electrons. The van der Waals surface area contributed by atoms with Crippen LogP contribution in [0.4, 0.5) is 0 Å². The summed E-state index contributed by atoms with van der Waals surface area (Å²) in [5, 5.41) is 0. The average Bonchev–Trinajstić information content (AvgIpc) is 2.51. The summed E-state index contributed by atoms with van der Waals surface area (Å²) in [4.78, 5) is 15.3. The fraction of sp³-hybridized carbons (Fsp3) is 0.529. The van der Waals surface area contributed by atoms with Crippen molar-refractivity contribution in [2.75, 3.05) is 13.2 Å². The Balaban J connectivity index is 1.81. The molecule has 112 valence electrons. The SMILES string of the molecule is CC(=O)OC[C@@]12CC=C(C)[C@@H](C1)[C@@H](c1cccnc1)OC2. The van der Waals surface area contributed by atoms with Crippen molar-refractivity contribution in [2.45, 2.75) is 32.8 Å². The van der Waals surface area contributed by atoms with Gasteiger partial charge < -0.3 is 9.47 Å². The Kier molecular flexibility index (Phi) is 3.81. The highest BCUT2D eigenvalue weighted by molar-refractivity contribution is 5.65. The molecule has 2 bridgehead atoms. The lowest BCUT2D eigenvalue weighted by Gasteiger charge is -2.47.